The molecule has 1 heterocycles. The molecule has 0 unspecified atom stereocenters. The first kappa shape index (κ1) is 13.1. The van der Waals surface area contributed by atoms with Crippen LogP contribution in [0.5, 0.6) is 0 Å². The molecule has 0 bridgehead atoms. The van der Waals surface area contributed by atoms with Crippen molar-refractivity contribution in [3.8, 4) is 17.2 Å². The van der Waals surface area contributed by atoms with Crippen LogP contribution in [0, 0.1) is 11.3 Å². The van der Waals surface area contributed by atoms with Crippen molar-refractivity contribution in [2.75, 3.05) is 0 Å². The van der Waals surface area contributed by atoms with Crippen LogP contribution in [-0.4, -0.2) is 11.0 Å². The highest BCUT2D eigenvalue weighted by molar-refractivity contribution is 6.31. The topological polar surface area (TPSA) is 48.7 Å². The average molecular weight is 284 g/mol. The fourth-order valence-corrected chi connectivity index (χ4v) is 2.32. The number of hydrogen-bond donors (Lipinski definition) is 1. The molecule has 0 aliphatic heterocycles. The van der Waals surface area contributed by atoms with E-state index >= 15 is 0 Å². The molecule has 4 heteroatoms. The van der Waals surface area contributed by atoms with Gasteiger partial charge in [0.25, 0.3) is 0 Å². The van der Waals surface area contributed by atoms with Crippen LogP contribution in [0.3, 0.4) is 0 Å². The number of halogens is 1. The summed E-state index contributed by atoms with van der Waals surface area (Å²) in [5, 5.41) is 13.1. The Kier molecular flexibility index (Phi) is 3.68. The molecule has 3 rings (SSSR count). The van der Waals surface area contributed by atoms with Crippen molar-refractivity contribution in [1.29, 1.82) is 5.26 Å². The molecule has 1 aliphatic rings. The lowest BCUT2D eigenvalue weighted by atomic mass is 10.0. The van der Waals surface area contributed by atoms with E-state index in [1.165, 1.54) is 12.8 Å². The molecule has 1 saturated carbocycles. The number of nitriles is 1. The number of pyridine rings is 1. The van der Waals surface area contributed by atoms with E-state index < -0.39 is 0 Å². The summed E-state index contributed by atoms with van der Waals surface area (Å²) >= 11 is 6.33. The van der Waals surface area contributed by atoms with E-state index in [4.69, 9.17) is 16.9 Å². The number of nitrogens with zero attached hydrogens (tertiary/aromatic N) is 2. The largest absolute Gasteiger partial charge is 0.310 e. The van der Waals surface area contributed by atoms with Gasteiger partial charge >= 0.3 is 0 Å². The fraction of sp³-hybridized carbons (Fsp3) is 0.250. The number of benzene rings is 1. The van der Waals surface area contributed by atoms with Crippen LogP contribution < -0.4 is 5.32 Å². The molecule has 0 saturated heterocycles. The zero-order valence-corrected chi connectivity index (χ0v) is 11.7. The Hall–Kier alpha value is -1.89. The Bertz CT molecular complexity index is 672. The molecule has 1 aromatic carbocycles. The quantitative estimate of drug-likeness (QED) is 0.934. The third-order valence-corrected chi connectivity index (χ3v) is 3.76. The van der Waals surface area contributed by atoms with Crippen LogP contribution in [0.1, 0.15) is 24.0 Å². The van der Waals surface area contributed by atoms with E-state index in [0.717, 1.165) is 28.3 Å². The van der Waals surface area contributed by atoms with Gasteiger partial charge in [0.1, 0.15) is 6.07 Å². The van der Waals surface area contributed by atoms with Gasteiger partial charge in [-0.25, -0.2) is 0 Å². The highest BCUT2D eigenvalue weighted by Gasteiger charge is 2.20. The van der Waals surface area contributed by atoms with Crippen molar-refractivity contribution in [1.82, 2.24) is 10.3 Å². The first-order valence-electron chi connectivity index (χ1n) is 6.63. The summed E-state index contributed by atoms with van der Waals surface area (Å²) < 4.78 is 0. The Morgan fingerprint density at radius 1 is 1.25 bits per heavy atom. The van der Waals surface area contributed by atoms with E-state index in [1.807, 2.05) is 24.3 Å². The smallest absolute Gasteiger partial charge is 0.101 e. The van der Waals surface area contributed by atoms with Gasteiger partial charge in [-0.15, -0.1) is 0 Å². The summed E-state index contributed by atoms with van der Waals surface area (Å²) in [5.41, 5.74) is 3.55. The monoisotopic (exact) mass is 283 g/mol. The third kappa shape index (κ3) is 2.98. The van der Waals surface area contributed by atoms with Gasteiger partial charge < -0.3 is 5.32 Å². The van der Waals surface area contributed by atoms with Gasteiger partial charge in [0.15, 0.2) is 0 Å². The predicted molar refractivity (Wildman–Crippen MR) is 79.3 cm³/mol. The highest BCUT2D eigenvalue weighted by Crippen LogP contribution is 2.27. The first-order chi connectivity index (χ1) is 9.76. The van der Waals surface area contributed by atoms with Crippen molar-refractivity contribution in [2.45, 2.75) is 25.4 Å². The molecule has 0 amide bonds. The first-order valence-corrected chi connectivity index (χ1v) is 7.01. The summed E-state index contributed by atoms with van der Waals surface area (Å²) in [4.78, 5) is 4.07. The van der Waals surface area contributed by atoms with Gasteiger partial charge in [0.05, 0.1) is 5.56 Å². The van der Waals surface area contributed by atoms with E-state index in [2.05, 4.69) is 16.4 Å². The molecule has 1 aliphatic carbocycles. The van der Waals surface area contributed by atoms with E-state index in [1.54, 1.807) is 12.4 Å². The van der Waals surface area contributed by atoms with Gasteiger partial charge in [-0.3, -0.25) is 4.98 Å². The third-order valence-electron chi connectivity index (χ3n) is 3.41. The minimum absolute atomic E-state index is 0.554. The molecule has 0 radical (unpaired) electrons. The summed E-state index contributed by atoms with van der Waals surface area (Å²) in [5.74, 6) is 0. The Balaban J connectivity index is 1.83. The van der Waals surface area contributed by atoms with Crippen LogP contribution in [0.25, 0.3) is 11.1 Å². The lowest BCUT2D eigenvalue weighted by Gasteiger charge is -2.08. The molecular formula is C16H14ClN3. The van der Waals surface area contributed by atoms with E-state index in [9.17, 15) is 0 Å². The minimum Gasteiger partial charge on any atom is -0.310 e. The molecule has 1 fully saturated rings. The minimum atomic E-state index is 0.554. The molecule has 3 nitrogen and oxygen atoms in total. The zero-order chi connectivity index (χ0) is 13.9. The second kappa shape index (κ2) is 5.62. The van der Waals surface area contributed by atoms with Gasteiger partial charge in [0, 0.05) is 35.6 Å². The average Bonchev–Trinajstić information content (AvgIpc) is 3.30. The normalized spacial score (nSPS) is 14.0. The van der Waals surface area contributed by atoms with Gasteiger partial charge in [-0.1, -0.05) is 23.7 Å². The van der Waals surface area contributed by atoms with Crippen LogP contribution in [0.2, 0.25) is 5.02 Å². The van der Waals surface area contributed by atoms with Gasteiger partial charge in [-0.2, -0.15) is 5.26 Å². The zero-order valence-electron chi connectivity index (χ0n) is 10.9. The van der Waals surface area contributed by atoms with Crippen molar-refractivity contribution in [2.24, 2.45) is 0 Å². The molecule has 20 heavy (non-hydrogen) atoms. The standard InChI is InChI=1S/C16H14ClN3/c17-16-6-12(14-5-11(7-18)8-19-9-14)1-2-13(16)10-20-15-3-4-15/h1-2,5-6,8-9,15,20H,3-4,10H2. The number of aromatic nitrogens is 1. The van der Waals surface area contributed by atoms with Gasteiger partial charge in [0.2, 0.25) is 0 Å². The van der Waals surface area contributed by atoms with Crippen molar-refractivity contribution < 1.29 is 0 Å². The maximum atomic E-state index is 8.91. The lowest BCUT2D eigenvalue weighted by molar-refractivity contribution is 0.688. The molecule has 0 spiro atoms. The second-order valence-corrected chi connectivity index (χ2v) is 5.44. The summed E-state index contributed by atoms with van der Waals surface area (Å²) in [6.07, 6.45) is 5.83. The van der Waals surface area contributed by atoms with Crippen LogP contribution in [-0.2, 0) is 6.54 Å². The van der Waals surface area contributed by atoms with E-state index in [0.29, 0.717) is 11.6 Å². The predicted octanol–water partition coefficient (Wildman–Crippen LogP) is 3.53. The van der Waals surface area contributed by atoms with Crippen LogP contribution in [0.4, 0.5) is 0 Å². The Morgan fingerprint density at radius 2 is 2.10 bits per heavy atom. The molecule has 100 valence electrons. The number of rotatable bonds is 4. The van der Waals surface area contributed by atoms with Crippen molar-refractivity contribution >= 4 is 11.6 Å². The lowest BCUT2D eigenvalue weighted by Crippen LogP contribution is -2.15. The second-order valence-electron chi connectivity index (χ2n) is 5.04. The van der Waals surface area contributed by atoms with Crippen molar-refractivity contribution in [3.05, 3.63) is 52.8 Å². The number of nitrogens with one attached hydrogen (secondary N) is 1. The van der Waals surface area contributed by atoms with E-state index in [-0.39, 0.29) is 0 Å². The SMILES string of the molecule is N#Cc1cncc(-c2ccc(CNC3CC3)c(Cl)c2)c1. The summed E-state index contributed by atoms with van der Waals surface area (Å²) in [7, 11) is 0. The Labute approximate surface area is 123 Å². The maximum absolute atomic E-state index is 8.91. The highest BCUT2D eigenvalue weighted by atomic mass is 35.5. The fourth-order valence-electron chi connectivity index (χ4n) is 2.07. The van der Waals surface area contributed by atoms with Crippen LogP contribution >= 0.6 is 11.6 Å². The van der Waals surface area contributed by atoms with Crippen molar-refractivity contribution in [3.63, 3.8) is 0 Å². The maximum Gasteiger partial charge on any atom is 0.101 e. The number of hydrogen-bond acceptors (Lipinski definition) is 3. The summed E-state index contributed by atoms with van der Waals surface area (Å²) in [6, 6.07) is 10.6. The molecule has 1 N–H and O–H groups in total. The molecule has 2 aromatic rings. The van der Waals surface area contributed by atoms with Gasteiger partial charge in [-0.05, 0) is 36.1 Å². The summed E-state index contributed by atoms with van der Waals surface area (Å²) in [6.45, 7) is 0.806. The molecule has 1 aromatic heterocycles. The Morgan fingerprint density at radius 3 is 2.80 bits per heavy atom. The molecular weight excluding hydrogens is 270 g/mol. The van der Waals surface area contributed by atoms with Crippen LogP contribution in [0.15, 0.2) is 36.7 Å². The molecule has 0 atom stereocenters.